The van der Waals surface area contributed by atoms with Crippen LogP contribution in [0.3, 0.4) is 0 Å². The molecule has 0 aromatic heterocycles. The molecule has 1 heterocycles. The monoisotopic (exact) mass is 310 g/mol. The van der Waals surface area contributed by atoms with Crippen molar-refractivity contribution in [2.24, 2.45) is 11.1 Å². The molecule has 0 bridgehead atoms. The number of likely N-dealkylation sites (tertiary alicyclic amines) is 1. The van der Waals surface area contributed by atoms with Crippen molar-refractivity contribution in [3.05, 3.63) is 0 Å². The fraction of sp³-hybridized carbons (Fsp3) is 0.786. The van der Waals surface area contributed by atoms with Crippen molar-refractivity contribution >= 4 is 36.3 Å². The lowest BCUT2D eigenvalue weighted by Gasteiger charge is -2.33. The van der Waals surface area contributed by atoms with Gasteiger partial charge in [0, 0.05) is 17.9 Å². The summed E-state index contributed by atoms with van der Waals surface area (Å²) in [6.45, 7) is 7.32. The number of carbonyl (C=O) groups is 3. The summed E-state index contributed by atoms with van der Waals surface area (Å²) in [4.78, 5) is 38.3. The maximum Gasteiger partial charge on any atom is 0.242 e. The van der Waals surface area contributed by atoms with Crippen LogP contribution in [0.25, 0.3) is 0 Å². The predicted octanol–water partition coefficient (Wildman–Crippen LogP) is 1.04. The van der Waals surface area contributed by atoms with Gasteiger partial charge in [-0.3, -0.25) is 19.3 Å². The fourth-order valence-electron chi connectivity index (χ4n) is 2.36. The van der Waals surface area contributed by atoms with E-state index in [2.05, 4.69) is 0 Å². The van der Waals surface area contributed by atoms with Gasteiger partial charge in [-0.05, 0) is 19.8 Å². The van der Waals surface area contributed by atoms with Crippen molar-refractivity contribution in [2.45, 2.75) is 64.3 Å². The third-order valence-electron chi connectivity index (χ3n) is 4.07. The highest BCUT2D eigenvalue weighted by atomic mass is 32.2. The molecule has 3 atom stereocenters. The molecule has 2 radical (unpaired) electrons. The van der Waals surface area contributed by atoms with Gasteiger partial charge in [-0.25, -0.2) is 11.6 Å². The summed E-state index contributed by atoms with van der Waals surface area (Å²) in [6, 6.07) is -1.08. The van der Waals surface area contributed by atoms with Gasteiger partial charge < -0.3 is 5.73 Å². The number of amides is 2. The molecule has 1 fully saturated rings. The van der Waals surface area contributed by atoms with Crippen LogP contribution < -0.4 is 5.73 Å². The van der Waals surface area contributed by atoms with E-state index >= 15 is 0 Å². The number of nitrogens with zero attached hydrogens (tertiary/aromatic N) is 1. The zero-order chi connectivity index (χ0) is 16.4. The summed E-state index contributed by atoms with van der Waals surface area (Å²) in [6.07, 6.45) is 0.962. The van der Waals surface area contributed by atoms with Gasteiger partial charge >= 0.3 is 0 Å². The zero-order valence-electron chi connectivity index (χ0n) is 13.1. The molecule has 0 spiro atoms. The van der Waals surface area contributed by atoms with Gasteiger partial charge in [-0.1, -0.05) is 20.8 Å². The normalized spacial score (nSPS) is 22.5. The van der Waals surface area contributed by atoms with Crippen LogP contribution in [0, 0.1) is 5.41 Å². The molecule has 2 N–H and O–H groups in total. The Morgan fingerprint density at radius 1 is 1.52 bits per heavy atom. The van der Waals surface area contributed by atoms with Crippen molar-refractivity contribution in [2.75, 3.05) is 0 Å². The summed E-state index contributed by atoms with van der Waals surface area (Å²) in [7, 11) is 5.45. The summed E-state index contributed by atoms with van der Waals surface area (Å²) in [5.74, 6) is -0.834. The largest absolute Gasteiger partial charge is 0.328 e. The van der Waals surface area contributed by atoms with Crippen LogP contribution in [-0.4, -0.2) is 47.0 Å². The number of nitrogens with two attached hydrogens (primary N) is 1. The number of hydrogen-bond acceptors (Lipinski definition) is 5. The number of hydrogen-bond donors (Lipinski definition) is 1. The summed E-state index contributed by atoms with van der Waals surface area (Å²) in [5.41, 5.74) is 5.21. The quantitative estimate of drug-likeness (QED) is 0.561. The molecule has 21 heavy (non-hydrogen) atoms. The van der Waals surface area contributed by atoms with E-state index in [0.717, 1.165) is 16.5 Å². The number of Topliss-reactive ketones (excluding diaryl/α,β-unsaturated/α-hetero) is 1. The smallest absolute Gasteiger partial charge is 0.242 e. The number of imide groups is 1. The lowest BCUT2D eigenvalue weighted by Crippen LogP contribution is -2.51. The van der Waals surface area contributed by atoms with E-state index in [1.165, 1.54) is 0 Å². The van der Waals surface area contributed by atoms with Gasteiger partial charge in [0.1, 0.15) is 6.04 Å². The number of carbonyl (C=O) groups excluding carboxylic acids is 3. The maximum absolute atomic E-state index is 12.8. The first-order chi connectivity index (χ1) is 9.65. The Morgan fingerprint density at radius 2 is 2.10 bits per heavy atom. The molecular weight excluding hydrogens is 287 g/mol. The first-order valence-electron chi connectivity index (χ1n) is 7.17. The second kappa shape index (κ2) is 6.96. The van der Waals surface area contributed by atoms with Crippen LogP contribution in [0.4, 0.5) is 0 Å². The first kappa shape index (κ1) is 18.2. The van der Waals surface area contributed by atoms with Crippen molar-refractivity contribution in [1.82, 2.24) is 4.90 Å². The Labute approximate surface area is 131 Å². The minimum atomic E-state index is -0.794. The van der Waals surface area contributed by atoms with Gasteiger partial charge in [-0.15, -0.1) is 0 Å². The van der Waals surface area contributed by atoms with Crippen molar-refractivity contribution < 1.29 is 14.4 Å². The zero-order valence-corrected chi connectivity index (χ0v) is 13.9. The van der Waals surface area contributed by atoms with E-state index in [1.807, 2.05) is 20.8 Å². The molecule has 0 aromatic rings. The van der Waals surface area contributed by atoms with Gasteiger partial charge in [0.05, 0.1) is 5.25 Å². The summed E-state index contributed by atoms with van der Waals surface area (Å²) < 4.78 is 0. The van der Waals surface area contributed by atoms with Crippen molar-refractivity contribution in [3.63, 3.8) is 0 Å². The molecule has 5 nitrogen and oxygen atoms in total. The van der Waals surface area contributed by atoms with Crippen molar-refractivity contribution in [3.8, 4) is 0 Å². The van der Waals surface area contributed by atoms with Crippen molar-refractivity contribution in [1.29, 1.82) is 0 Å². The Kier molecular flexibility index (Phi) is 6.05. The second-order valence-electron chi connectivity index (χ2n) is 6.26. The molecule has 7 heteroatoms. The second-order valence-corrected chi connectivity index (χ2v) is 7.10. The molecule has 116 valence electrons. The molecular formula is C14H23BN2O3S. The molecule has 3 unspecified atom stereocenters. The van der Waals surface area contributed by atoms with E-state index < -0.39 is 16.7 Å². The predicted molar refractivity (Wildman–Crippen MR) is 84.7 cm³/mol. The third-order valence-corrected chi connectivity index (χ3v) is 4.76. The number of ketones is 1. The molecule has 1 rings (SSSR count). The fourth-order valence-corrected chi connectivity index (χ4v) is 2.83. The van der Waals surface area contributed by atoms with Crippen LogP contribution in [0.2, 0.25) is 0 Å². The lowest BCUT2D eigenvalue weighted by atomic mass is 9.80. The minimum Gasteiger partial charge on any atom is -0.328 e. The Morgan fingerprint density at radius 3 is 2.48 bits per heavy atom. The first-order valence-corrected chi connectivity index (χ1v) is 8.11. The topological polar surface area (TPSA) is 80.5 Å². The average molecular weight is 310 g/mol. The minimum absolute atomic E-state index is 0.0509. The van der Waals surface area contributed by atoms with E-state index in [0.29, 0.717) is 6.42 Å². The van der Waals surface area contributed by atoms with E-state index in [9.17, 15) is 14.4 Å². The number of rotatable bonds is 7. The Balaban J connectivity index is 3.11. The summed E-state index contributed by atoms with van der Waals surface area (Å²) >= 11 is 0.855. The molecule has 0 aliphatic carbocycles. The highest BCUT2D eigenvalue weighted by Gasteiger charge is 2.46. The van der Waals surface area contributed by atoms with Crippen LogP contribution in [0.15, 0.2) is 0 Å². The molecule has 1 aliphatic rings. The molecule has 1 saturated heterocycles. The standard InChI is InChI=1S/C14H23BN2O3S/c1-5-14(3,4)12(19)9(6-8(2)16)17-11(18)7-10(21-15)13(17)20/h8-10H,5-7,16H2,1-4H3. The highest BCUT2D eigenvalue weighted by Crippen LogP contribution is 2.31. The van der Waals surface area contributed by atoms with E-state index in [4.69, 9.17) is 12.9 Å². The molecule has 0 aromatic carbocycles. The maximum atomic E-state index is 12.8. The SMILES string of the molecule is [B]SC1CC(=O)N(C(CC(C)N)C(=O)C(C)(C)CC)C1=O. The van der Waals surface area contributed by atoms with Crippen LogP contribution in [0.5, 0.6) is 0 Å². The molecule has 2 amide bonds. The molecule has 1 aliphatic heterocycles. The van der Waals surface area contributed by atoms with E-state index in [-0.39, 0.29) is 36.5 Å². The van der Waals surface area contributed by atoms with Crippen LogP contribution >= 0.6 is 11.6 Å². The van der Waals surface area contributed by atoms with Gasteiger partial charge in [0.25, 0.3) is 0 Å². The average Bonchev–Trinajstić information content (AvgIpc) is 2.70. The van der Waals surface area contributed by atoms with Gasteiger partial charge in [-0.2, -0.15) is 0 Å². The van der Waals surface area contributed by atoms with Gasteiger partial charge in [0.2, 0.25) is 11.8 Å². The van der Waals surface area contributed by atoms with Crippen LogP contribution in [0.1, 0.15) is 47.0 Å². The summed E-state index contributed by atoms with van der Waals surface area (Å²) in [5, 5.41) is -0.592. The van der Waals surface area contributed by atoms with Crippen LogP contribution in [-0.2, 0) is 14.4 Å². The lowest BCUT2D eigenvalue weighted by molar-refractivity contribution is -0.149. The third kappa shape index (κ3) is 3.89. The highest BCUT2D eigenvalue weighted by molar-refractivity contribution is 8.20. The Hall–Kier alpha value is -0.815. The van der Waals surface area contributed by atoms with Gasteiger partial charge in [0.15, 0.2) is 12.9 Å². The van der Waals surface area contributed by atoms with E-state index in [1.54, 1.807) is 6.92 Å². The molecule has 0 saturated carbocycles. The Bertz CT molecular complexity index is 440.